The van der Waals surface area contributed by atoms with Gasteiger partial charge >= 0.3 is 0 Å². The first-order valence-electron chi connectivity index (χ1n) is 8.47. The highest BCUT2D eigenvalue weighted by Crippen LogP contribution is 2.41. The van der Waals surface area contributed by atoms with Gasteiger partial charge in [0.1, 0.15) is 0 Å². The molecule has 132 valence electrons. The number of thioether (sulfide) groups is 1. The van der Waals surface area contributed by atoms with E-state index >= 15 is 0 Å². The predicted molar refractivity (Wildman–Crippen MR) is 102 cm³/mol. The summed E-state index contributed by atoms with van der Waals surface area (Å²) < 4.78 is 1.79. The molecule has 1 aliphatic rings. The van der Waals surface area contributed by atoms with Gasteiger partial charge in [-0.1, -0.05) is 36.0 Å². The molecule has 3 aromatic rings. The standard InChI is InChI=1S/C19H17N3O3S/c1-12(13-5-4-6-15(11-13)22(24)25)26-19-20-17-8-3-2-7-16(17)18(23)21(19)14-9-10-14/h2-8,11-12,14H,9-10H2,1H3/t12-/m0/s1. The van der Waals surface area contributed by atoms with Gasteiger partial charge in [0, 0.05) is 23.4 Å². The van der Waals surface area contributed by atoms with Crippen molar-refractivity contribution in [3.8, 4) is 0 Å². The number of para-hydroxylation sites is 1. The fourth-order valence-corrected chi connectivity index (χ4v) is 4.08. The van der Waals surface area contributed by atoms with Crippen LogP contribution in [0.1, 0.15) is 36.6 Å². The molecule has 6 nitrogen and oxygen atoms in total. The second-order valence-electron chi connectivity index (χ2n) is 6.43. The Bertz CT molecular complexity index is 1060. The summed E-state index contributed by atoms with van der Waals surface area (Å²) in [7, 11) is 0. The normalized spacial score (nSPS) is 15.1. The van der Waals surface area contributed by atoms with Crippen LogP contribution >= 0.6 is 11.8 Å². The lowest BCUT2D eigenvalue weighted by atomic mass is 10.1. The molecule has 1 aliphatic carbocycles. The third-order valence-electron chi connectivity index (χ3n) is 4.52. The molecule has 1 fully saturated rings. The van der Waals surface area contributed by atoms with Crippen molar-refractivity contribution in [2.75, 3.05) is 0 Å². The SMILES string of the molecule is C[C@H](Sc1nc2ccccc2c(=O)n1C1CC1)c1cccc([N+](=O)[O-])c1. The number of nitro groups is 1. The Balaban J connectivity index is 1.75. The molecule has 0 radical (unpaired) electrons. The summed E-state index contributed by atoms with van der Waals surface area (Å²) in [5.74, 6) is 0. The third kappa shape index (κ3) is 3.10. The molecule has 26 heavy (non-hydrogen) atoms. The molecule has 0 aliphatic heterocycles. The largest absolute Gasteiger partial charge is 0.284 e. The number of hydrogen-bond donors (Lipinski definition) is 0. The van der Waals surface area contributed by atoms with E-state index in [1.54, 1.807) is 16.7 Å². The van der Waals surface area contributed by atoms with Gasteiger partial charge in [-0.2, -0.15) is 0 Å². The van der Waals surface area contributed by atoms with Crippen molar-refractivity contribution in [3.05, 3.63) is 74.6 Å². The molecule has 1 saturated carbocycles. The number of non-ortho nitro benzene ring substituents is 1. The van der Waals surface area contributed by atoms with Crippen molar-refractivity contribution in [3.63, 3.8) is 0 Å². The van der Waals surface area contributed by atoms with Gasteiger partial charge < -0.3 is 0 Å². The summed E-state index contributed by atoms with van der Waals surface area (Å²) in [5, 5.41) is 12.3. The van der Waals surface area contributed by atoms with E-state index in [4.69, 9.17) is 4.98 Å². The van der Waals surface area contributed by atoms with E-state index in [1.165, 1.54) is 17.8 Å². The summed E-state index contributed by atoms with van der Waals surface area (Å²) in [4.78, 5) is 28.2. The van der Waals surface area contributed by atoms with Crippen LogP contribution in [-0.2, 0) is 0 Å². The van der Waals surface area contributed by atoms with Crippen molar-refractivity contribution >= 4 is 28.4 Å². The van der Waals surface area contributed by atoms with E-state index in [0.29, 0.717) is 16.1 Å². The minimum atomic E-state index is -0.394. The quantitative estimate of drug-likeness (QED) is 0.287. The number of hydrogen-bond acceptors (Lipinski definition) is 5. The molecule has 0 saturated heterocycles. The van der Waals surface area contributed by atoms with Gasteiger partial charge in [0.2, 0.25) is 0 Å². The van der Waals surface area contributed by atoms with Crippen LogP contribution in [0.4, 0.5) is 5.69 Å². The van der Waals surface area contributed by atoms with Crippen molar-refractivity contribution < 1.29 is 4.92 Å². The molecule has 0 spiro atoms. The van der Waals surface area contributed by atoms with Gasteiger partial charge in [-0.05, 0) is 37.5 Å². The van der Waals surface area contributed by atoms with Gasteiger partial charge in [0.15, 0.2) is 5.16 Å². The smallest absolute Gasteiger partial charge is 0.269 e. The minimum Gasteiger partial charge on any atom is -0.284 e. The predicted octanol–water partition coefficient (Wildman–Crippen LogP) is 4.49. The molecule has 1 heterocycles. The number of aromatic nitrogens is 2. The van der Waals surface area contributed by atoms with Gasteiger partial charge in [-0.15, -0.1) is 0 Å². The van der Waals surface area contributed by atoms with Crippen molar-refractivity contribution in [2.24, 2.45) is 0 Å². The molecule has 7 heteroatoms. The Labute approximate surface area is 154 Å². The maximum atomic E-state index is 12.9. The highest BCUT2D eigenvalue weighted by Gasteiger charge is 2.29. The Kier molecular flexibility index (Phi) is 4.24. The molecule has 1 atom stereocenters. The van der Waals surface area contributed by atoms with E-state index in [9.17, 15) is 14.9 Å². The van der Waals surface area contributed by atoms with Gasteiger partial charge in [0.05, 0.1) is 15.8 Å². The second-order valence-corrected chi connectivity index (χ2v) is 7.74. The maximum absolute atomic E-state index is 12.9. The number of fused-ring (bicyclic) bond motifs is 1. The van der Waals surface area contributed by atoms with E-state index in [2.05, 4.69) is 0 Å². The van der Waals surface area contributed by atoms with Crippen LogP contribution < -0.4 is 5.56 Å². The van der Waals surface area contributed by atoms with Crippen molar-refractivity contribution in [2.45, 2.75) is 36.2 Å². The molecular weight excluding hydrogens is 350 g/mol. The second kappa shape index (κ2) is 6.57. The topological polar surface area (TPSA) is 78.0 Å². The molecular formula is C19H17N3O3S. The minimum absolute atomic E-state index is 0.00755. The van der Waals surface area contributed by atoms with Crippen LogP contribution in [0.25, 0.3) is 10.9 Å². The lowest BCUT2D eigenvalue weighted by molar-refractivity contribution is -0.384. The molecule has 0 N–H and O–H groups in total. The highest BCUT2D eigenvalue weighted by molar-refractivity contribution is 7.99. The maximum Gasteiger partial charge on any atom is 0.269 e. The number of nitrogens with zero attached hydrogens (tertiary/aromatic N) is 3. The lowest BCUT2D eigenvalue weighted by Gasteiger charge is -2.16. The lowest BCUT2D eigenvalue weighted by Crippen LogP contribution is -2.22. The zero-order valence-electron chi connectivity index (χ0n) is 14.2. The summed E-state index contributed by atoms with van der Waals surface area (Å²) in [6, 6.07) is 14.2. The van der Waals surface area contributed by atoms with Gasteiger partial charge in [-0.25, -0.2) is 4.98 Å². The number of rotatable bonds is 5. The van der Waals surface area contributed by atoms with Crippen LogP contribution in [-0.4, -0.2) is 14.5 Å². The number of nitro benzene ring substituents is 1. The van der Waals surface area contributed by atoms with Crippen LogP contribution in [0.3, 0.4) is 0 Å². The molecule has 1 aromatic heterocycles. The summed E-state index contributed by atoms with van der Waals surface area (Å²) in [6.07, 6.45) is 1.97. The Morgan fingerprint density at radius 2 is 2.00 bits per heavy atom. The first-order valence-corrected chi connectivity index (χ1v) is 9.35. The molecule has 0 amide bonds. The van der Waals surface area contributed by atoms with E-state index in [0.717, 1.165) is 18.4 Å². The zero-order valence-corrected chi connectivity index (χ0v) is 15.0. The third-order valence-corrected chi connectivity index (χ3v) is 5.64. The molecule has 0 bridgehead atoms. The number of benzene rings is 2. The molecule has 2 aromatic carbocycles. The molecule has 4 rings (SSSR count). The summed E-state index contributed by atoms with van der Waals surface area (Å²) >= 11 is 1.47. The Morgan fingerprint density at radius 3 is 2.73 bits per heavy atom. The van der Waals surface area contributed by atoms with Crippen molar-refractivity contribution in [1.82, 2.24) is 9.55 Å². The Morgan fingerprint density at radius 1 is 1.23 bits per heavy atom. The van der Waals surface area contributed by atoms with Crippen LogP contribution in [0.2, 0.25) is 0 Å². The summed E-state index contributed by atoms with van der Waals surface area (Å²) in [5.41, 5.74) is 1.59. The zero-order chi connectivity index (χ0) is 18.3. The Hall–Kier alpha value is -2.67. The van der Waals surface area contributed by atoms with Gasteiger partial charge in [0.25, 0.3) is 11.2 Å². The van der Waals surface area contributed by atoms with Gasteiger partial charge in [-0.3, -0.25) is 19.5 Å². The monoisotopic (exact) mass is 367 g/mol. The van der Waals surface area contributed by atoms with Crippen LogP contribution in [0.15, 0.2) is 58.5 Å². The summed E-state index contributed by atoms with van der Waals surface area (Å²) in [6.45, 7) is 1.97. The van der Waals surface area contributed by atoms with Crippen LogP contribution in [0, 0.1) is 10.1 Å². The fraction of sp³-hybridized carbons (Fsp3) is 0.263. The van der Waals surface area contributed by atoms with Crippen LogP contribution in [0.5, 0.6) is 0 Å². The average molecular weight is 367 g/mol. The fourth-order valence-electron chi connectivity index (χ4n) is 2.98. The van der Waals surface area contributed by atoms with E-state index in [1.807, 2.05) is 37.3 Å². The van der Waals surface area contributed by atoms with E-state index in [-0.39, 0.29) is 22.5 Å². The first-order chi connectivity index (χ1) is 12.5. The molecule has 0 unspecified atom stereocenters. The van der Waals surface area contributed by atoms with E-state index < -0.39 is 4.92 Å². The first kappa shape index (κ1) is 16.8. The average Bonchev–Trinajstić information content (AvgIpc) is 3.47. The van der Waals surface area contributed by atoms with Crippen molar-refractivity contribution in [1.29, 1.82) is 0 Å². The highest BCUT2D eigenvalue weighted by atomic mass is 32.2.